The fraction of sp³-hybridized carbons (Fsp3) is 0.559. The molecule has 6 atom stereocenters. The molecule has 3 saturated heterocycles. The van der Waals surface area contributed by atoms with Crippen LogP contribution in [0.2, 0.25) is 0 Å². The number of H-pyrrole nitrogens is 1. The van der Waals surface area contributed by atoms with Crippen LogP contribution in [0.15, 0.2) is 36.7 Å². The number of imide groups is 1. The summed E-state index contributed by atoms with van der Waals surface area (Å²) < 4.78 is 45.7. The van der Waals surface area contributed by atoms with E-state index in [2.05, 4.69) is 35.7 Å². The number of piperidine rings is 2. The number of amides is 3. The minimum absolute atomic E-state index is 0.109. The van der Waals surface area contributed by atoms with Crippen LogP contribution >= 0.6 is 0 Å². The average molecular weight is 665 g/mol. The number of aromatic nitrogens is 4. The monoisotopic (exact) mass is 664 g/mol. The van der Waals surface area contributed by atoms with Gasteiger partial charge >= 0.3 is 0 Å². The number of benzene rings is 1. The molecule has 2 aromatic heterocycles. The van der Waals surface area contributed by atoms with Crippen molar-refractivity contribution in [2.45, 2.75) is 69.5 Å². The Labute approximate surface area is 275 Å². The molecule has 1 aromatic carbocycles. The minimum Gasteiger partial charge on any atom is -0.371 e. The predicted octanol–water partition coefficient (Wildman–Crippen LogP) is 3.86. The Morgan fingerprint density at radius 3 is 2.69 bits per heavy atom. The molecule has 5 aliphatic rings. The number of hydrogen-bond acceptors (Lipinski definition) is 7. The molecule has 48 heavy (non-hydrogen) atoms. The summed E-state index contributed by atoms with van der Waals surface area (Å²) in [5, 5.41) is 16.5. The molecule has 3 aliphatic heterocycles. The van der Waals surface area contributed by atoms with Gasteiger partial charge < -0.3 is 10.2 Å². The van der Waals surface area contributed by atoms with Gasteiger partial charge in [-0.05, 0) is 49.3 Å². The molecule has 3 aromatic rings. The second-order valence-corrected chi connectivity index (χ2v) is 14.5. The van der Waals surface area contributed by atoms with Gasteiger partial charge in [0.25, 0.3) is 11.8 Å². The maximum Gasteiger partial charge on any atom is 0.276 e. The van der Waals surface area contributed by atoms with E-state index in [9.17, 15) is 23.2 Å². The molecule has 2 aliphatic carbocycles. The fourth-order valence-electron chi connectivity index (χ4n) is 8.50. The maximum atomic E-state index is 15.5. The first-order valence-electron chi connectivity index (χ1n) is 16.8. The fourth-order valence-corrected chi connectivity index (χ4v) is 8.50. The topological polar surface area (TPSA) is 128 Å². The van der Waals surface area contributed by atoms with Crippen LogP contribution in [0.1, 0.15) is 71.9 Å². The summed E-state index contributed by atoms with van der Waals surface area (Å²) in [6.07, 6.45) is 4.71. The largest absolute Gasteiger partial charge is 0.371 e. The lowest BCUT2D eigenvalue weighted by Gasteiger charge is -2.36. The molecule has 0 bridgehead atoms. The average Bonchev–Trinajstić information content (AvgIpc) is 3.66. The summed E-state index contributed by atoms with van der Waals surface area (Å²) in [5.41, 5.74) is 2.59. The van der Waals surface area contributed by atoms with E-state index < -0.39 is 35.4 Å². The number of nitrogens with one attached hydrogen (secondary N) is 3. The van der Waals surface area contributed by atoms with Crippen molar-refractivity contribution in [1.29, 1.82) is 0 Å². The van der Waals surface area contributed by atoms with Gasteiger partial charge in [0.1, 0.15) is 6.17 Å². The summed E-state index contributed by atoms with van der Waals surface area (Å²) >= 11 is 0. The Kier molecular flexibility index (Phi) is 7.42. The molecule has 3 amide bonds. The van der Waals surface area contributed by atoms with Crippen molar-refractivity contribution >= 4 is 29.1 Å². The van der Waals surface area contributed by atoms with Crippen molar-refractivity contribution < 1.29 is 27.6 Å². The van der Waals surface area contributed by atoms with E-state index in [1.807, 2.05) is 24.3 Å². The number of alkyl halides is 3. The Bertz CT molecular complexity index is 1760. The molecule has 4 fully saturated rings. The van der Waals surface area contributed by atoms with E-state index in [1.54, 1.807) is 17.8 Å². The van der Waals surface area contributed by atoms with E-state index >= 15 is 4.39 Å². The van der Waals surface area contributed by atoms with Crippen LogP contribution < -0.4 is 15.5 Å². The van der Waals surface area contributed by atoms with Gasteiger partial charge in [-0.25, -0.2) is 13.2 Å². The molecule has 8 rings (SSSR count). The van der Waals surface area contributed by atoms with Crippen molar-refractivity contribution in [3.8, 4) is 0 Å². The van der Waals surface area contributed by atoms with Crippen LogP contribution in [0.5, 0.6) is 0 Å². The first-order valence-corrected chi connectivity index (χ1v) is 16.8. The molecule has 0 spiro atoms. The summed E-state index contributed by atoms with van der Waals surface area (Å²) in [7, 11) is 0. The SMILES string of the molecule is C[C@@]12Cc3[nH]nc(C(=O)Nc4cnn([C@H]5CCN(C[C@H]6CCN(c7ccc(C8CCC(=O)NC8=O)cc7)C6)C[C@@H]5F)c4)c3C[C@@H]1C2(F)F. The second-order valence-electron chi connectivity index (χ2n) is 14.5. The number of rotatable bonds is 7. The van der Waals surface area contributed by atoms with Gasteiger partial charge in [0, 0.05) is 80.0 Å². The number of aromatic amines is 1. The standard InChI is InChI=1S/C34H39F3N8O3/c1-33-13-26-24(12-28(33)34(33,36)37)30(42-41-26)32(48)39-21-14-38-45(17-21)27-9-10-43(18-25(27)35)15-19-8-11-44(16-19)22-4-2-20(3-5-22)23-6-7-29(46)40-31(23)47/h2-5,14,17,19,23,25,27-28H,6-13,15-16,18H2,1H3,(H,39,48)(H,41,42)(H,40,46,47)/t19-,23?,25+,27+,28+,33-/m1/s1. The molecule has 3 N–H and O–H groups in total. The lowest BCUT2D eigenvalue weighted by molar-refractivity contribution is -0.134. The normalized spacial score (nSPS) is 31.2. The van der Waals surface area contributed by atoms with Gasteiger partial charge in [0.2, 0.25) is 11.8 Å². The molecule has 254 valence electrons. The van der Waals surface area contributed by atoms with Gasteiger partial charge in [0.15, 0.2) is 5.69 Å². The molecule has 5 heterocycles. The number of nitrogens with zero attached hydrogens (tertiary/aromatic N) is 5. The quantitative estimate of drug-likeness (QED) is 0.328. The lowest BCUT2D eigenvalue weighted by Crippen LogP contribution is -2.45. The van der Waals surface area contributed by atoms with Crippen LogP contribution in [0.4, 0.5) is 24.5 Å². The Morgan fingerprint density at radius 1 is 1.10 bits per heavy atom. The zero-order valence-corrected chi connectivity index (χ0v) is 26.7. The molecule has 11 nitrogen and oxygen atoms in total. The number of hydrogen-bond donors (Lipinski definition) is 3. The summed E-state index contributed by atoms with van der Waals surface area (Å²) in [6, 6.07) is 7.57. The van der Waals surface area contributed by atoms with E-state index in [0.29, 0.717) is 48.7 Å². The Hall–Kier alpha value is -4.20. The molecular weight excluding hydrogens is 625 g/mol. The summed E-state index contributed by atoms with van der Waals surface area (Å²) in [5.74, 6) is -4.37. The minimum atomic E-state index is -2.74. The number of anilines is 2. The van der Waals surface area contributed by atoms with Crippen molar-refractivity contribution in [2.24, 2.45) is 17.3 Å². The highest BCUT2D eigenvalue weighted by atomic mass is 19.3. The Morgan fingerprint density at radius 2 is 1.92 bits per heavy atom. The van der Waals surface area contributed by atoms with Gasteiger partial charge in [0.05, 0.1) is 23.8 Å². The van der Waals surface area contributed by atoms with Crippen LogP contribution in [-0.2, 0) is 22.4 Å². The highest BCUT2D eigenvalue weighted by molar-refractivity contribution is 6.04. The van der Waals surface area contributed by atoms with Crippen LogP contribution in [0, 0.1) is 17.3 Å². The van der Waals surface area contributed by atoms with E-state index in [0.717, 1.165) is 43.9 Å². The zero-order chi connectivity index (χ0) is 33.4. The van der Waals surface area contributed by atoms with Gasteiger partial charge in [-0.3, -0.25) is 34.4 Å². The van der Waals surface area contributed by atoms with E-state index in [4.69, 9.17) is 0 Å². The number of fused-ring (bicyclic) bond motifs is 2. The van der Waals surface area contributed by atoms with Crippen LogP contribution in [0.25, 0.3) is 0 Å². The third-order valence-corrected chi connectivity index (χ3v) is 11.5. The summed E-state index contributed by atoms with van der Waals surface area (Å²) in [6.45, 7) is 5.20. The van der Waals surface area contributed by atoms with E-state index in [1.165, 1.54) is 6.20 Å². The first kappa shape index (κ1) is 31.1. The smallest absolute Gasteiger partial charge is 0.276 e. The summed E-state index contributed by atoms with van der Waals surface area (Å²) in [4.78, 5) is 41.3. The van der Waals surface area contributed by atoms with Crippen molar-refractivity contribution in [3.05, 3.63) is 59.2 Å². The molecule has 1 saturated carbocycles. The van der Waals surface area contributed by atoms with Gasteiger partial charge in [-0.1, -0.05) is 19.1 Å². The number of carbonyl (C=O) groups is 3. The van der Waals surface area contributed by atoms with Gasteiger partial charge in [-0.2, -0.15) is 10.2 Å². The van der Waals surface area contributed by atoms with Gasteiger partial charge in [-0.15, -0.1) is 0 Å². The highest BCUT2D eigenvalue weighted by Crippen LogP contribution is 2.70. The Balaban J connectivity index is 0.822. The lowest BCUT2D eigenvalue weighted by atomic mass is 9.87. The first-order chi connectivity index (χ1) is 23.0. The third kappa shape index (κ3) is 5.28. The molecule has 1 unspecified atom stereocenters. The van der Waals surface area contributed by atoms with E-state index in [-0.39, 0.29) is 36.3 Å². The van der Waals surface area contributed by atoms with Crippen molar-refractivity contribution in [3.63, 3.8) is 0 Å². The van der Waals surface area contributed by atoms with Crippen LogP contribution in [0.3, 0.4) is 0 Å². The third-order valence-electron chi connectivity index (χ3n) is 11.5. The zero-order valence-electron chi connectivity index (χ0n) is 26.7. The molecule has 14 heteroatoms. The highest BCUT2D eigenvalue weighted by Gasteiger charge is 2.78. The molecule has 0 radical (unpaired) electrons. The molecular formula is C34H39F3N8O3. The number of likely N-dealkylation sites (tertiary alicyclic amines) is 1. The van der Waals surface area contributed by atoms with Crippen molar-refractivity contribution in [1.82, 2.24) is 30.2 Å². The number of halogens is 3. The number of carbonyl (C=O) groups excluding carboxylic acids is 3. The van der Waals surface area contributed by atoms with Crippen LogP contribution in [-0.4, -0.2) is 87.4 Å². The predicted molar refractivity (Wildman–Crippen MR) is 170 cm³/mol. The van der Waals surface area contributed by atoms with Crippen molar-refractivity contribution in [2.75, 3.05) is 42.9 Å². The second kappa shape index (κ2) is 11.5. The maximum absolute atomic E-state index is 15.5.